The van der Waals surface area contributed by atoms with Crippen molar-refractivity contribution in [1.82, 2.24) is 14.5 Å². The lowest BCUT2D eigenvalue weighted by Crippen LogP contribution is -2.31. The molecule has 1 atom stereocenters. The van der Waals surface area contributed by atoms with Crippen molar-refractivity contribution in [2.75, 3.05) is 14.1 Å². The van der Waals surface area contributed by atoms with Crippen molar-refractivity contribution in [2.24, 2.45) is 0 Å². The third kappa shape index (κ3) is 3.71. The summed E-state index contributed by atoms with van der Waals surface area (Å²) < 4.78 is 28.8. The Morgan fingerprint density at radius 1 is 1.19 bits per heavy atom. The van der Waals surface area contributed by atoms with Crippen LogP contribution in [0.2, 0.25) is 0 Å². The van der Waals surface area contributed by atoms with Gasteiger partial charge in [-0.2, -0.15) is 0 Å². The molecule has 1 aromatic heterocycles. The smallest absolute Gasteiger partial charge is 0.266 e. The first-order valence-electron chi connectivity index (χ1n) is 8.14. The zero-order valence-electron chi connectivity index (χ0n) is 14.9. The van der Waals surface area contributed by atoms with Crippen LogP contribution in [-0.4, -0.2) is 39.7 Å². The Labute approximate surface area is 158 Å². The molecule has 2 aromatic carbocycles. The largest absolute Gasteiger partial charge is 0.348 e. The molecule has 0 saturated heterocycles. The van der Waals surface area contributed by atoms with Crippen molar-refractivity contribution in [2.45, 2.75) is 17.3 Å². The monoisotopic (exact) mass is 389 g/mol. The number of halogens is 2. The first kappa shape index (κ1) is 19.0. The number of hydrogen-bond acceptors (Lipinski definition) is 4. The Morgan fingerprint density at radius 2 is 1.89 bits per heavy atom. The minimum Gasteiger partial charge on any atom is -0.348 e. The topological polar surface area (TPSA) is 55.2 Å². The third-order valence-electron chi connectivity index (χ3n) is 3.97. The van der Waals surface area contributed by atoms with E-state index in [9.17, 15) is 18.4 Å². The normalized spacial score (nSPS) is 12.2. The van der Waals surface area contributed by atoms with Gasteiger partial charge < -0.3 is 4.90 Å². The number of amides is 1. The van der Waals surface area contributed by atoms with Crippen LogP contribution in [-0.2, 0) is 4.79 Å². The third-order valence-corrected chi connectivity index (χ3v) is 5.01. The van der Waals surface area contributed by atoms with Crippen LogP contribution < -0.4 is 5.56 Å². The van der Waals surface area contributed by atoms with Crippen molar-refractivity contribution in [3.05, 3.63) is 64.5 Å². The van der Waals surface area contributed by atoms with Gasteiger partial charge in [0.2, 0.25) is 5.91 Å². The molecule has 0 aliphatic rings. The molecule has 0 spiro atoms. The summed E-state index contributed by atoms with van der Waals surface area (Å²) in [4.78, 5) is 31.1. The summed E-state index contributed by atoms with van der Waals surface area (Å²) in [6.45, 7) is 1.68. The van der Waals surface area contributed by atoms with Gasteiger partial charge in [-0.15, -0.1) is 0 Å². The quantitative estimate of drug-likeness (QED) is 0.508. The van der Waals surface area contributed by atoms with Crippen molar-refractivity contribution >= 4 is 28.6 Å². The number of nitrogens with zero attached hydrogens (tertiary/aromatic N) is 3. The van der Waals surface area contributed by atoms with E-state index in [0.29, 0.717) is 17.0 Å². The number of aromatic nitrogens is 2. The molecule has 3 aromatic rings. The van der Waals surface area contributed by atoms with Gasteiger partial charge in [-0.3, -0.25) is 14.2 Å². The number of thioether (sulfide) groups is 1. The molecule has 0 radical (unpaired) electrons. The molecule has 0 bridgehead atoms. The van der Waals surface area contributed by atoms with Crippen LogP contribution >= 0.6 is 11.8 Å². The van der Waals surface area contributed by atoms with E-state index in [2.05, 4.69) is 4.98 Å². The summed E-state index contributed by atoms with van der Waals surface area (Å²) in [5.41, 5.74) is -0.168. The van der Waals surface area contributed by atoms with Crippen LogP contribution in [0.15, 0.2) is 52.4 Å². The fourth-order valence-electron chi connectivity index (χ4n) is 2.64. The number of benzene rings is 2. The first-order valence-corrected chi connectivity index (χ1v) is 9.02. The van der Waals surface area contributed by atoms with Gasteiger partial charge >= 0.3 is 0 Å². The first-order chi connectivity index (χ1) is 12.8. The Bertz CT molecular complexity index is 1080. The molecule has 0 aliphatic heterocycles. The predicted molar refractivity (Wildman–Crippen MR) is 101 cm³/mol. The highest BCUT2D eigenvalue weighted by molar-refractivity contribution is 8.00. The molecule has 0 fully saturated rings. The maximum absolute atomic E-state index is 14.4. The van der Waals surface area contributed by atoms with Crippen LogP contribution in [0.5, 0.6) is 0 Å². The zero-order valence-corrected chi connectivity index (χ0v) is 15.8. The van der Waals surface area contributed by atoms with Gasteiger partial charge in [0.15, 0.2) is 5.16 Å². The number of fused-ring (bicyclic) bond motifs is 1. The Hall–Kier alpha value is -2.74. The lowest BCUT2D eigenvalue weighted by atomic mass is 10.2. The summed E-state index contributed by atoms with van der Waals surface area (Å²) >= 11 is 1.04. The van der Waals surface area contributed by atoms with Gasteiger partial charge in [-0.05, 0) is 31.2 Å². The Morgan fingerprint density at radius 3 is 2.56 bits per heavy atom. The number of carbonyl (C=O) groups is 1. The van der Waals surface area contributed by atoms with Gasteiger partial charge in [0, 0.05) is 20.2 Å². The minimum absolute atomic E-state index is 0.119. The van der Waals surface area contributed by atoms with Crippen LogP contribution in [0.3, 0.4) is 0 Å². The van der Waals surface area contributed by atoms with E-state index in [4.69, 9.17) is 0 Å². The standard InChI is InChI=1S/C19H17F2N3O2S/c1-11(17(25)23(2)3)27-19-22-15-7-5-4-6-13(15)18(26)24(19)16-9-8-12(20)10-14(16)21/h4-11H,1-3H3/t11-/m0/s1. The maximum atomic E-state index is 14.4. The van der Waals surface area contributed by atoms with Gasteiger partial charge in [-0.1, -0.05) is 23.9 Å². The van der Waals surface area contributed by atoms with Crippen LogP contribution in [0.4, 0.5) is 8.78 Å². The second-order valence-corrected chi connectivity index (χ2v) is 7.45. The molecule has 3 rings (SSSR count). The minimum atomic E-state index is -0.886. The lowest BCUT2D eigenvalue weighted by molar-refractivity contribution is -0.127. The molecule has 140 valence electrons. The second-order valence-electron chi connectivity index (χ2n) is 6.14. The van der Waals surface area contributed by atoms with Crippen molar-refractivity contribution in [3.8, 4) is 5.69 Å². The predicted octanol–water partition coefficient (Wildman–Crippen LogP) is 3.23. The highest BCUT2D eigenvalue weighted by Gasteiger charge is 2.22. The summed E-state index contributed by atoms with van der Waals surface area (Å²) in [6, 6.07) is 9.64. The zero-order chi connectivity index (χ0) is 19.7. The molecular formula is C19H17F2N3O2S. The Kier molecular flexibility index (Phi) is 5.27. The second kappa shape index (κ2) is 7.48. The molecule has 8 heteroatoms. The number of rotatable bonds is 4. The number of hydrogen-bond donors (Lipinski definition) is 0. The molecule has 27 heavy (non-hydrogen) atoms. The van der Waals surface area contributed by atoms with Gasteiger partial charge in [0.25, 0.3) is 5.56 Å². The van der Waals surface area contributed by atoms with E-state index in [-0.39, 0.29) is 16.8 Å². The highest BCUT2D eigenvalue weighted by atomic mass is 32.2. The van der Waals surface area contributed by atoms with E-state index < -0.39 is 22.4 Å². The molecule has 0 unspecified atom stereocenters. The lowest BCUT2D eigenvalue weighted by Gasteiger charge is -2.19. The van der Waals surface area contributed by atoms with E-state index >= 15 is 0 Å². The number of carbonyl (C=O) groups excluding carboxylic acids is 1. The molecule has 5 nitrogen and oxygen atoms in total. The van der Waals surface area contributed by atoms with Crippen molar-refractivity contribution in [3.63, 3.8) is 0 Å². The molecule has 1 amide bonds. The van der Waals surface area contributed by atoms with Gasteiger partial charge in [0.05, 0.1) is 21.8 Å². The van der Waals surface area contributed by atoms with Gasteiger partial charge in [-0.25, -0.2) is 13.8 Å². The van der Waals surface area contributed by atoms with Crippen molar-refractivity contribution < 1.29 is 13.6 Å². The summed E-state index contributed by atoms with van der Waals surface area (Å²) in [5, 5.41) is -0.0908. The molecule has 1 heterocycles. The van der Waals surface area contributed by atoms with Gasteiger partial charge in [0.1, 0.15) is 11.6 Å². The highest BCUT2D eigenvalue weighted by Crippen LogP contribution is 2.27. The molecule has 0 saturated carbocycles. The fourth-order valence-corrected chi connectivity index (χ4v) is 3.70. The van der Waals surface area contributed by atoms with Crippen LogP contribution in [0.25, 0.3) is 16.6 Å². The average Bonchev–Trinajstić information content (AvgIpc) is 2.62. The van der Waals surface area contributed by atoms with Crippen LogP contribution in [0, 0.1) is 11.6 Å². The van der Waals surface area contributed by atoms with E-state index in [0.717, 1.165) is 22.4 Å². The van der Waals surface area contributed by atoms with Crippen molar-refractivity contribution in [1.29, 1.82) is 0 Å². The molecule has 0 aliphatic carbocycles. The van der Waals surface area contributed by atoms with E-state index in [1.807, 2.05) is 0 Å². The summed E-state index contributed by atoms with van der Waals surface area (Å²) in [6.07, 6.45) is 0. The Balaban J connectivity index is 2.24. The average molecular weight is 389 g/mol. The summed E-state index contributed by atoms with van der Waals surface area (Å²) in [5.74, 6) is -1.81. The molecule has 0 N–H and O–H groups in total. The molecular weight excluding hydrogens is 372 g/mol. The SMILES string of the molecule is C[C@H](Sc1nc2ccccc2c(=O)n1-c1ccc(F)cc1F)C(=O)N(C)C. The number of para-hydroxylation sites is 1. The van der Waals surface area contributed by atoms with Crippen LogP contribution in [0.1, 0.15) is 6.92 Å². The fraction of sp³-hybridized carbons (Fsp3) is 0.211. The van der Waals surface area contributed by atoms with E-state index in [1.54, 1.807) is 45.3 Å². The maximum Gasteiger partial charge on any atom is 0.266 e. The summed E-state index contributed by atoms with van der Waals surface area (Å²) in [7, 11) is 3.25. The van der Waals surface area contributed by atoms with E-state index in [1.165, 1.54) is 11.0 Å².